The Balaban J connectivity index is 2.22. The van der Waals surface area contributed by atoms with Gasteiger partial charge in [-0.1, -0.05) is 23.2 Å². The first-order chi connectivity index (χ1) is 11.1. The van der Waals surface area contributed by atoms with Gasteiger partial charge in [0.15, 0.2) is 10.3 Å². The topological polar surface area (TPSA) is 84.6 Å². The lowest BCUT2D eigenvalue weighted by Gasteiger charge is -2.46. The third-order valence-corrected chi connectivity index (χ3v) is 4.21. The zero-order valence-corrected chi connectivity index (χ0v) is 15.8. The molecule has 1 amide bonds. The van der Waals surface area contributed by atoms with Crippen molar-refractivity contribution >= 4 is 35.0 Å². The Morgan fingerprint density at radius 2 is 2.04 bits per heavy atom. The average molecular weight is 376 g/mol. The van der Waals surface area contributed by atoms with E-state index in [1.54, 1.807) is 11.0 Å². The molecule has 7 nitrogen and oxygen atoms in total. The van der Waals surface area contributed by atoms with Gasteiger partial charge in [0.2, 0.25) is 0 Å². The van der Waals surface area contributed by atoms with Gasteiger partial charge in [0, 0.05) is 31.7 Å². The number of hydrogen-bond acceptors (Lipinski definition) is 6. The zero-order chi connectivity index (χ0) is 18.1. The van der Waals surface area contributed by atoms with E-state index in [0.29, 0.717) is 25.3 Å². The first-order valence-corrected chi connectivity index (χ1v) is 8.53. The molecule has 1 fully saturated rings. The standard InChI is InChI=1S/C15H23Cl2N5O2/c1-9-7-22(11-5-12(16)19-20-13(11)17)10(6-18)8-21(9)14(23)24-15(2,3)4/h5,9-10H,6-8,18H2,1-4H3. The summed E-state index contributed by atoms with van der Waals surface area (Å²) in [5.74, 6) is 0. The predicted octanol–water partition coefficient (Wildman–Crippen LogP) is 2.56. The summed E-state index contributed by atoms with van der Waals surface area (Å²) in [7, 11) is 0. The van der Waals surface area contributed by atoms with E-state index in [0.717, 1.165) is 0 Å². The summed E-state index contributed by atoms with van der Waals surface area (Å²) in [4.78, 5) is 16.1. The second-order valence-corrected chi connectivity index (χ2v) is 7.61. The van der Waals surface area contributed by atoms with Gasteiger partial charge >= 0.3 is 6.09 Å². The van der Waals surface area contributed by atoms with E-state index in [4.69, 9.17) is 33.7 Å². The minimum Gasteiger partial charge on any atom is -0.444 e. The molecule has 9 heteroatoms. The third kappa shape index (κ3) is 4.40. The molecule has 0 radical (unpaired) electrons. The van der Waals surface area contributed by atoms with Crippen molar-refractivity contribution in [2.24, 2.45) is 5.73 Å². The van der Waals surface area contributed by atoms with Crippen molar-refractivity contribution in [3.05, 3.63) is 16.4 Å². The first kappa shape index (κ1) is 19.0. The van der Waals surface area contributed by atoms with E-state index in [-0.39, 0.29) is 28.5 Å². The van der Waals surface area contributed by atoms with Gasteiger partial charge in [-0.3, -0.25) is 0 Å². The van der Waals surface area contributed by atoms with Crippen LogP contribution < -0.4 is 10.6 Å². The lowest BCUT2D eigenvalue weighted by atomic mass is 10.1. The fourth-order valence-corrected chi connectivity index (χ4v) is 3.00. The van der Waals surface area contributed by atoms with Crippen LogP contribution in [0.4, 0.5) is 10.5 Å². The highest BCUT2D eigenvalue weighted by Crippen LogP contribution is 2.30. The van der Waals surface area contributed by atoms with Gasteiger partial charge in [-0.05, 0) is 27.7 Å². The number of aromatic nitrogens is 2. The quantitative estimate of drug-likeness (QED) is 0.854. The van der Waals surface area contributed by atoms with E-state index in [9.17, 15) is 4.79 Å². The number of hydrogen-bond donors (Lipinski definition) is 1. The maximum Gasteiger partial charge on any atom is 0.410 e. The van der Waals surface area contributed by atoms with Crippen LogP contribution in [0.5, 0.6) is 0 Å². The van der Waals surface area contributed by atoms with E-state index < -0.39 is 5.60 Å². The maximum absolute atomic E-state index is 12.4. The van der Waals surface area contributed by atoms with Crippen LogP contribution in [0.2, 0.25) is 10.3 Å². The van der Waals surface area contributed by atoms with Gasteiger partial charge in [-0.25, -0.2) is 4.79 Å². The molecule has 1 aromatic rings. The number of amides is 1. The summed E-state index contributed by atoms with van der Waals surface area (Å²) in [6.07, 6.45) is -0.343. The van der Waals surface area contributed by atoms with E-state index in [1.165, 1.54) is 0 Å². The van der Waals surface area contributed by atoms with Crippen LogP contribution in [0.25, 0.3) is 0 Å². The Labute approximate surface area is 152 Å². The number of halogens is 2. The van der Waals surface area contributed by atoms with E-state index in [2.05, 4.69) is 10.2 Å². The van der Waals surface area contributed by atoms with Crippen molar-refractivity contribution in [3.63, 3.8) is 0 Å². The van der Waals surface area contributed by atoms with Crippen LogP contribution in [0.1, 0.15) is 27.7 Å². The Morgan fingerprint density at radius 3 is 2.62 bits per heavy atom. The van der Waals surface area contributed by atoms with Crippen molar-refractivity contribution < 1.29 is 9.53 Å². The minimum absolute atomic E-state index is 0.0781. The maximum atomic E-state index is 12.4. The molecular weight excluding hydrogens is 353 g/mol. The molecule has 1 aromatic heterocycles. The molecule has 2 N–H and O–H groups in total. The van der Waals surface area contributed by atoms with Crippen LogP contribution >= 0.6 is 23.2 Å². The molecule has 0 spiro atoms. The molecule has 0 aromatic carbocycles. The minimum atomic E-state index is -0.544. The smallest absolute Gasteiger partial charge is 0.410 e. The second kappa shape index (κ2) is 7.29. The molecule has 134 valence electrons. The lowest BCUT2D eigenvalue weighted by Crippen LogP contribution is -2.61. The second-order valence-electron chi connectivity index (χ2n) is 6.87. The van der Waals surface area contributed by atoms with Gasteiger partial charge in [0.05, 0.1) is 11.7 Å². The molecule has 2 unspecified atom stereocenters. The molecule has 0 bridgehead atoms. The molecule has 2 rings (SSSR count). The van der Waals surface area contributed by atoms with Gasteiger partial charge in [0.1, 0.15) is 5.60 Å². The average Bonchev–Trinajstić information content (AvgIpc) is 2.47. The zero-order valence-electron chi connectivity index (χ0n) is 14.3. The van der Waals surface area contributed by atoms with Crippen LogP contribution in [0, 0.1) is 0 Å². The highest BCUT2D eigenvalue weighted by atomic mass is 35.5. The van der Waals surface area contributed by atoms with Crippen molar-refractivity contribution in [3.8, 4) is 0 Å². The molecule has 0 aliphatic carbocycles. The van der Waals surface area contributed by atoms with Gasteiger partial charge in [-0.15, -0.1) is 10.2 Å². The fraction of sp³-hybridized carbons (Fsp3) is 0.667. The first-order valence-electron chi connectivity index (χ1n) is 7.77. The molecule has 24 heavy (non-hydrogen) atoms. The molecule has 1 aliphatic heterocycles. The van der Waals surface area contributed by atoms with Gasteiger partial charge < -0.3 is 20.3 Å². The van der Waals surface area contributed by atoms with Crippen molar-refractivity contribution in [1.29, 1.82) is 0 Å². The SMILES string of the molecule is CC1CN(c2cc(Cl)nnc2Cl)C(CN)CN1C(=O)OC(C)(C)C. The normalized spacial score (nSPS) is 21.8. The summed E-state index contributed by atoms with van der Waals surface area (Å²) >= 11 is 12.1. The van der Waals surface area contributed by atoms with Crippen LogP contribution in [-0.4, -0.2) is 58.5 Å². The summed E-state index contributed by atoms with van der Waals surface area (Å²) in [6, 6.07) is 1.47. The number of rotatable bonds is 2. The van der Waals surface area contributed by atoms with E-state index >= 15 is 0 Å². The van der Waals surface area contributed by atoms with Crippen molar-refractivity contribution in [1.82, 2.24) is 15.1 Å². The molecule has 0 saturated carbocycles. The lowest BCUT2D eigenvalue weighted by molar-refractivity contribution is 0.0127. The highest BCUT2D eigenvalue weighted by Gasteiger charge is 2.36. The summed E-state index contributed by atoms with van der Waals surface area (Å²) in [6.45, 7) is 8.81. The van der Waals surface area contributed by atoms with Gasteiger partial charge in [-0.2, -0.15) is 0 Å². The number of piperazine rings is 1. The highest BCUT2D eigenvalue weighted by molar-refractivity contribution is 6.33. The Morgan fingerprint density at radius 1 is 1.38 bits per heavy atom. The van der Waals surface area contributed by atoms with Crippen LogP contribution in [-0.2, 0) is 4.74 Å². The fourth-order valence-electron chi connectivity index (χ4n) is 2.66. The molecule has 1 saturated heterocycles. The van der Waals surface area contributed by atoms with Crippen LogP contribution in [0.3, 0.4) is 0 Å². The molecule has 2 heterocycles. The largest absolute Gasteiger partial charge is 0.444 e. The van der Waals surface area contributed by atoms with E-state index in [1.807, 2.05) is 32.6 Å². The summed E-state index contributed by atoms with van der Waals surface area (Å²) < 4.78 is 5.48. The number of nitrogens with two attached hydrogens (primary N) is 1. The summed E-state index contributed by atoms with van der Waals surface area (Å²) in [5.41, 5.74) is 6.05. The van der Waals surface area contributed by atoms with Crippen molar-refractivity contribution in [2.45, 2.75) is 45.4 Å². The molecule has 1 aliphatic rings. The van der Waals surface area contributed by atoms with Crippen molar-refractivity contribution in [2.75, 3.05) is 24.5 Å². The summed E-state index contributed by atoms with van der Waals surface area (Å²) in [5, 5.41) is 8.09. The van der Waals surface area contributed by atoms with Gasteiger partial charge in [0.25, 0.3) is 0 Å². The number of nitrogens with zero attached hydrogens (tertiary/aromatic N) is 4. The van der Waals surface area contributed by atoms with Crippen LogP contribution in [0.15, 0.2) is 6.07 Å². The number of ether oxygens (including phenoxy) is 1. The molecule has 2 atom stereocenters. The Bertz CT molecular complexity index is 608. The Hall–Kier alpha value is -1.31. The molecular formula is C15H23Cl2N5O2. The number of carbonyl (C=O) groups excluding carboxylic acids is 1. The Kier molecular flexibility index (Phi) is 5.78. The number of carbonyl (C=O) groups is 1. The predicted molar refractivity (Wildman–Crippen MR) is 94.6 cm³/mol. The number of anilines is 1. The monoisotopic (exact) mass is 375 g/mol. The third-order valence-electron chi connectivity index (χ3n) is 3.75.